The zero-order valence-corrected chi connectivity index (χ0v) is 15.7. The highest BCUT2D eigenvalue weighted by Crippen LogP contribution is 2.11. The average molecular weight is 333 g/mol. The molecule has 0 amide bonds. The third kappa shape index (κ3) is 23.7. The molecule has 0 heterocycles. The number of nitrogens with zero attached hydrogens (tertiary/aromatic N) is 1. The Morgan fingerprint density at radius 3 is 1.57 bits per heavy atom. The van der Waals surface area contributed by atoms with Crippen LogP contribution in [-0.4, -0.2) is 36.0 Å². The predicted octanol–water partition coefficient (Wildman–Crippen LogP) is 4.64. The number of nitrogens with two attached hydrogens (primary N) is 1. The van der Waals surface area contributed by atoms with Gasteiger partial charge in [-0.3, -0.25) is 10.5 Å². The molecule has 0 saturated heterocycles. The van der Waals surface area contributed by atoms with Crippen molar-refractivity contribution in [1.82, 2.24) is 0 Å². The van der Waals surface area contributed by atoms with Crippen molar-refractivity contribution in [3.63, 3.8) is 0 Å². The third-order valence-corrected chi connectivity index (χ3v) is 4.05. The quantitative estimate of drug-likeness (QED) is 0.210. The number of carboxylic acid groups (broad SMARTS) is 1. The second-order valence-corrected chi connectivity index (χ2v) is 6.47. The summed E-state index contributed by atoms with van der Waals surface area (Å²) in [5, 5.41) is 19.1. The number of hydrogen-bond donors (Lipinski definition) is 2. The highest BCUT2D eigenvalue weighted by atomic mass is 16.5. The molecule has 0 bridgehead atoms. The van der Waals surface area contributed by atoms with Crippen molar-refractivity contribution in [2.75, 3.05) is 20.3 Å². The Morgan fingerprint density at radius 2 is 1.30 bits per heavy atom. The van der Waals surface area contributed by atoms with Gasteiger partial charge in [-0.2, -0.15) is 0 Å². The van der Waals surface area contributed by atoms with Gasteiger partial charge in [0.15, 0.2) is 0 Å². The van der Waals surface area contributed by atoms with Gasteiger partial charge in [-0.05, 0) is 13.3 Å². The first kappa shape index (κ1) is 24.6. The molecule has 0 aromatic carbocycles. The van der Waals surface area contributed by atoms with Crippen molar-refractivity contribution in [3.8, 4) is 0 Å². The first-order chi connectivity index (χ1) is 10.9. The van der Waals surface area contributed by atoms with E-state index < -0.39 is 5.97 Å². The Morgan fingerprint density at radius 1 is 0.913 bits per heavy atom. The van der Waals surface area contributed by atoms with E-state index in [1.54, 1.807) is 7.05 Å². The molecule has 0 aliphatic carbocycles. The van der Waals surface area contributed by atoms with E-state index in [1.165, 1.54) is 57.8 Å². The summed E-state index contributed by atoms with van der Waals surface area (Å²) in [5.41, 5.74) is 5.08. The lowest BCUT2D eigenvalue weighted by Gasteiger charge is -2.35. The molecule has 0 aromatic rings. The van der Waals surface area contributed by atoms with Crippen LogP contribution in [0, 0.1) is 5.21 Å². The fourth-order valence-corrected chi connectivity index (χ4v) is 2.07. The fourth-order valence-electron chi connectivity index (χ4n) is 2.07. The second-order valence-electron chi connectivity index (χ2n) is 6.47. The second kappa shape index (κ2) is 17.7. The van der Waals surface area contributed by atoms with Gasteiger partial charge in [-0.25, -0.2) is 0 Å². The van der Waals surface area contributed by atoms with Crippen LogP contribution in [0.4, 0.5) is 0 Å². The maximum absolute atomic E-state index is 10.7. The van der Waals surface area contributed by atoms with Crippen LogP contribution in [0.5, 0.6) is 0 Å². The molecule has 140 valence electrons. The lowest BCUT2D eigenvalue weighted by Crippen LogP contribution is -2.42. The van der Waals surface area contributed by atoms with E-state index in [0.29, 0.717) is 13.0 Å². The van der Waals surface area contributed by atoms with Gasteiger partial charge in [0.05, 0.1) is 13.6 Å². The number of hydrogen-bond acceptors (Lipinski definition) is 3. The summed E-state index contributed by atoms with van der Waals surface area (Å²) in [5.74, 6) is -0.657. The summed E-state index contributed by atoms with van der Waals surface area (Å²) in [7, 11) is 1.56. The number of rotatable bonds is 14. The summed E-state index contributed by atoms with van der Waals surface area (Å²) < 4.78 is -0.333. The molecule has 23 heavy (non-hydrogen) atoms. The Bertz CT molecular complexity index is 253. The number of unbranched alkanes of at least 4 members (excludes halogenated alkanes) is 10. The monoisotopic (exact) mass is 332 g/mol. The minimum Gasteiger partial charge on any atom is -0.632 e. The number of carboxylic acids is 1. The lowest BCUT2D eigenvalue weighted by atomic mass is 10.1. The molecule has 3 N–H and O–H groups in total. The van der Waals surface area contributed by atoms with E-state index in [1.807, 2.05) is 6.92 Å². The standard InChI is InChI=1S/C14H28O2.C4H12N2O/c1-2-3-4-5-6-7-8-9-10-11-12-13-14(15)16;1-3-6(2,7)4-5/h2-13H2,1H3,(H,15,16);3-5H2,1-2H3. The average Bonchev–Trinajstić information content (AvgIpc) is 2.53. The van der Waals surface area contributed by atoms with Crippen LogP contribution >= 0.6 is 0 Å². The number of hydroxylamine groups is 3. The zero-order valence-electron chi connectivity index (χ0n) is 15.7. The summed E-state index contributed by atoms with van der Waals surface area (Å²) in [6.07, 6.45) is 14.4. The van der Waals surface area contributed by atoms with Gasteiger partial charge in [0.1, 0.15) is 6.67 Å². The Labute approximate surface area is 143 Å². The molecule has 0 rings (SSSR count). The molecule has 1 unspecified atom stereocenters. The molecule has 5 heteroatoms. The predicted molar refractivity (Wildman–Crippen MR) is 97.9 cm³/mol. The first-order valence-corrected chi connectivity index (χ1v) is 9.37. The van der Waals surface area contributed by atoms with E-state index in [9.17, 15) is 10.0 Å². The van der Waals surface area contributed by atoms with Crippen molar-refractivity contribution in [3.05, 3.63) is 5.21 Å². The number of quaternary nitrogens is 1. The maximum Gasteiger partial charge on any atom is 0.303 e. The van der Waals surface area contributed by atoms with Crippen LogP contribution in [0.15, 0.2) is 0 Å². The molecule has 5 nitrogen and oxygen atoms in total. The third-order valence-electron chi connectivity index (χ3n) is 4.05. The smallest absolute Gasteiger partial charge is 0.303 e. The Balaban J connectivity index is 0. The van der Waals surface area contributed by atoms with E-state index in [0.717, 1.165) is 12.8 Å². The molecular formula is C18H40N2O3. The molecule has 0 aliphatic rings. The van der Waals surface area contributed by atoms with Gasteiger partial charge in [0, 0.05) is 6.42 Å². The summed E-state index contributed by atoms with van der Waals surface area (Å²) in [6.45, 7) is 4.80. The topological polar surface area (TPSA) is 86.4 Å². The molecule has 0 radical (unpaired) electrons. The van der Waals surface area contributed by atoms with Crippen molar-refractivity contribution < 1.29 is 14.5 Å². The van der Waals surface area contributed by atoms with Gasteiger partial charge in [-0.15, -0.1) is 0 Å². The molecule has 0 aliphatic heterocycles. The largest absolute Gasteiger partial charge is 0.632 e. The van der Waals surface area contributed by atoms with E-state index in [2.05, 4.69) is 6.92 Å². The van der Waals surface area contributed by atoms with E-state index >= 15 is 0 Å². The van der Waals surface area contributed by atoms with Crippen molar-refractivity contribution >= 4 is 5.97 Å². The molecule has 1 atom stereocenters. The summed E-state index contributed by atoms with van der Waals surface area (Å²) in [6, 6.07) is 0. The minimum atomic E-state index is -0.657. The van der Waals surface area contributed by atoms with Crippen LogP contribution in [0.1, 0.15) is 90.9 Å². The minimum absolute atomic E-state index is 0.177. The van der Waals surface area contributed by atoms with Gasteiger partial charge in [-0.1, -0.05) is 71.1 Å². The van der Waals surface area contributed by atoms with E-state index in [4.69, 9.17) is 10.8 Å². The van der Waals surface area contributed by atoms with Crippen LogP contribution in [-0.2, 0) is 4.79 Å². The molecule has 0 fully saturated rings. The van der Waals surface area contributed by atoms with Gasteiger partial charge >= 0.3 is 5.97 Å². The normalized spacial score (nSPS) is 13.1. The highest BCUT2D eigenvalue weighted by molar-refractivity contribution is 5.66. The van der Waals surface area contributed by atoms with Crippen LogP contribution in [0.3, 0.4) is 0 Å². The van der Waals surface area contributed by atoms with Gasteiger partial charge in [0.25, 0.3) is 0 Å². The van der Waals surface area contributed by atoms with Crippen molar-refractivity contribution in [2.24, 2.45) is 5.73 Å². The maximum atomic E-state index is 10.7. The Kier molecular flexibility index (Phi) is 18.9. The van der Waals surface area contributed by atoms with Gasteiger partial charge in [0.2, 0.25) is 0 Å². The summed E-state index contributed by atoms with van der Waals surface area (Å²) in [4.78, 5) is 10.3. The first-order valence-electron chi connectivity index (χ1n) is 9.37. The van der Waals surface area contributed by atoms with Crippen molar-refractivity contribution in [2.45, 2.75) is 90.9 Å². The molecule has 0 saturated carbocycles. The fraction of sp³-hybridized carbons (Fsp3) is 0.944. The molecular weight excluding hydrogens is 292 g/mol. The Hall–Kier alpha value is -0.650. The van der Waals surface area contributed by atoms with Crippen LogP contribution in [0.25, 0.3) is 0 Å². The lowest BCUT2D eigenvalue weighted by molar-refractivity contribution is -0.858. The SMILES string of the molecule is CCCCCCCCCCCCCC(=O)O.CC[N+](C)([O-])CN. The van der Waals surface area contributed by atoms with Crippen molar-refractivity contribution in [1.29, 1.82) is 0 Å². The van der Waals surface area contributed by atoms with Crippen LogP contribution in [0.2, 0.25) is 0 Å². The molecule has 0 aromatic heterocycles. The number of aliphatic carboxylic acids is 1. The van der Waals surface area contributed by atoms with Crippen LogP contribution < -0.4 is 5.73 Å². The van der Waals surface area contributed by atoms with E-state index in [-0.39, 0.29) is 11.3 Å². The summed E-state index contributed by atoms with van der Waals surface area (Å²) >= 11 is 0. The molecule has 0 spiro atoms. The highest BCUT2D eigenvalue weighted by Gasteiger charge is 1.98. The number of carbonyl (C=O) groups is 1. The zero-order chi connectivity index (χ0) is 18.0. The van der Waals surface area contributed by atoms with Gasteiger partial charge < -0.3 is 15.0 Å².